The van der Waals surface area contributed by atoms with Gasteiger partial charge < -0.3 is 33.9 Å². The van der Waals surface area contributed by atoms with Gasteiger partial charge in [0.1, 0.15) is 18.1 Å². The van der Waals surface area contributed by atoms with Crippen molar-refractivity contribution in [3.8, 4) is 11.5 Å². The molecule has 1 saturated heterocycles. The van der Waals surface area contributed by atoms with Gasteiger partial charge in [-0.3, -0.25) is 20.0 Å². The monoisotopic (exact) mass is 699 g/mol. The molecule has 1 aromatic heterocycles. The Labute approximate surface area is 291 Å². The second-order valence-electron chi connectivity index (χ2n) is 12.4. The predicted molar refractivity (Wildman–Crippen MR) is 179 cm³/mol. The van der Waals surface area contributed by atoms with E-state index >= 15 is 0 Å². The second kappa shape index (κ2) is 19.5. The van der Waals surface area contributed by atoms with Crippen LogP contribution in [0, 0.1) is 0 Å². The van der Waals surface area contributed by atoms with Gasteiger partial charge in [-0.2, -0.15) is 5.21 Å². The molecular weight excluding hydrogens is 650 g/mol. The van der Waals surface area contributed by atoms with Crippen molar-refractivity contribution in [1.29, 1.82) is 0 Å². The second-order valence-corrected chi connectivity index (χ2v) is 12.4. The normalized spacial score (nSPS) is 19.5. The van der Waals surface area contributed by atoms with E-state index in [0.29, 0.717) is 57.9 Å². The minimum Gasteiger partial charge on any atom is -0.497 e. The summed E-state index contributed by atoms with van der Waals surface area (Å²) < 4.78 is 29.2. The number of methoxy groups -OCH3 is 2. The van der Waals surface area contributed by atoms with Crippen molar-refractivity contribution < 1.29 is 43.7 Å². The summed E-state index contributed by atoms with van der Waals surface area (Å²) >= 11 is 0. The Balaban J connectivity index is 1.23. The van der Waals surface area contributed by atoms with E-state index in [4.69, 9.17) is 34.1 Å². The zero-order valence-electron chi connectivity index (χ0n) is 28.7. The van der Waals surface area contributed by atoms with Crippen molar-refractivity contribution in [2.24, 2.45) is 0 Å². The molecule has 0 aliphatic carbocycles. The minimum absolute atomic E-state index is 0.0307. The fourth-order valence-electron chi connectivity index (χ4n) is 6.45. The molecule has 2 aliphatic heterocycles. The molecule has 4 atom stereocenters. The summed E-state index contributed by atoms with van der Waals surface area (Å²) in [6, 6.07) is 14.3. The number of fused-ring (bicyclic) bond motifs is 1. The van der Waals surface area contributed by atoms with Gasteiger partial charge in [-0.25, -0.2) is 0 Å². The standard InChI is InChI=1S/C34H49N7O9/c1-45-16-6-14-40-15-18-47-30-13-8-24(19-29(30)40)23-48-32-22-35-26(20-28(32)25-9-11-27(46-2)12-10-25)21-31(34-36-38-39-37-34)50-33(42)7-4-3-5-17-49-41(43)44/h8-13,19,26,28,31-32,35,43-44H,3-7,14-18,20-23H2,1-2H3,(H,36,37,38,39). The molecular formula is C34H49N7O9. The summed E-state index contributed by atoms with van der Waals surface area (Å²) in [5.41, 5.74) is 3.29. The van der Waals surface area contributed by atoms with E-state index < -0.39 is 6.10 Å². The molecule has 2 aromatic carbocycles. The number of benzene rings is 2. The van der Waals surface area contributed by atoms with Crippen molar-refractivity contribution in [2.45, 2.75) is 75.7 Å². The number of aromatic nitrogens is 4. The lowest BCUT2D eigenvalue weighted by Crippen LogP contribution is -2.47. The third kappa shape index (κ3) is 11.1. The summed E-state index contributed by atoms with van der Waals surface area (Å²) in [4.78, 5) is 19.7. The van der Waals surface area contributed by atoms with Crippen LogP contribution < -0.4 is 19.7 Å². The van der Waals surface area contributed by atoms with Crippen LogP contribution in [-0.4, -0.2) is 108 Å². The third-order valence-electron chi connectivity index (χ3n) is 9.02. The molecule has 4 unspecified atom stereocenters. The highest BCUT2D eigenvalue weighted by molar-refractivity contribution is 5.69. The number of tetrazole rings is 1. The Bertz CT molecular complexity index is 1430. The predicted octanol–water partition coefficient (Wildman–Crippen LogP) is 3.72. The Kier molecular flexibility index (Phi) is 14.6. The molecule has 3 aromatic rings. The zero-order valence-corrected chi connectivity index (χ0v) is 28.7. The first-order chi connectivity index (χ1) is 24.4. The average molecular weight is 700 g/mol. The van der Waals surface area contributed by atoms with E-state index in [1.165, 1.54) is 0 Å². The van der Waals surface area contributed by atoms with E-state index in [0.717, 1.165) is 54.2 Å². The maximum absolute atomic E-state index is 12.8. The highest BCUT2D eigenvalue weighted by atomic mass is 17.1. The van der Waals surface area contributed by atoms with Gasteiger partial charge >= 0.3 is 5.97 Å². The van der Waals surface area contributed by atoms with Crippen molar-refractivity contribution in [3.63, 3.8) is 0 Å². The van der Waals surface area contributed by atoms with E-state index in [-0.39, 0.29) is 42.5 Å². The number of H-pyrrole nitrogens is 1. The number of rotatable bonds is 20. The number of nitrogens with one attached hydrogen (secondary N) is 2. The van der Waals surface area contributed by atoms with Crippen LogP contribution in [0.1, 0.15) is 73.9 Å². The van der Waals surface area contributed by atoms with Gasteiger partial charge in [0.2, 0.25) is 5.82 Å². The number of hydrogen-bond donors (Lipinski definition) is 4. The number of piperidine rings is 1. The molecule has 2 aliphatic rings. The zero-order chi connectivity index (χ0) is 35.1. The van der Waals surface area contributed by atoms with Gasteiger partial charge in [-0.15, -0.1) is 10.2 Å². The Morgan fingerprint density at radius 1 is 1.10 bits per heavy atom. The Morgan fingerprint density at radius 2 is 1.96 bits per heavy atom. The van der Waals surface area contributed by atoms with E-state index in [1.54, 1.807) is 14.2 Å². The highest BCUT2D eigenvalue weighted by Crippen LogP contribution is 2.36. The molecule has 0 bridgehead atoms. The molecule has 0 amide bonds. The molecule has 16 heteroatoms. The van der Waals surface area contributed by atoms with Gasteiger partial charge in [0.15, 0.2) is 6.10 Å². The molecule has 0 saturated carbocycles. The number of ether oxygens (including phenoxy) is 5. The number of aromatic amines is 1. The average Bonchev–Trinajstić information content (AvgIpc) is 3.68. The number of carbonyl (C=O) groups is 1. The number of nitrogens with zero attached hydrogens (tertiary/aromatic N) is 5. The summed E-state index contributed by atoms with van der Waals surface area (Å²) in [6.45, 7) is 4.26. The number of unbranched alkanes of at least 4 members (excludes halogenated alkanes) is 2. The van der Waals surface area contributed by atoms with Crippen LogP contribution in [-0.2, 0) is 30.4 Å². The molecule has 3 heterocycles. The maximum atomic E-state index is 12.8. The fourth-order valence-corrected chi connectivity index (χ4v) is 6.45. The van der Waals surface area contributed by atoms with Crippen LogP contribution in [0.2, 0.25) is 0 Å². The first kappa shape index (κ1) is 37.4. The first-order valence-corrected chi connectivity index (χ1v) is 17.2. The lowest BCUT2D eigenvalue weighted by Gasteiger charge is -2.38. The first-order valence-electron chi connectivity index (χ1n) is 17.2. The number of esters is 1. The molecule has 0 spiro atoms. The quantitative estimate of drug-likeness (QED) is 0.0759. The van der Waals surface area contributed by atoms with Crippen LogP contribution in [0.25, 0.3) is 0 Å². The molecule has 16 nitrogen and oxygen atoms in total. The molecule has 0 radical (unpaired) electrons. The van der Waals surface area contributed by atoms with Gasteiger partial charge in [0.25, 0.3) is 0 Å². The smallest absolute Gasteiger partial charge is 0.306 e. The molecule has 274 valence electrons. The van der Waals surface area contributed by atoms with Crippen LogP contribution in [0.15, 0.2) is 42.5 Å². The number of hydrogen-bond acceptors (Lipinski definition) is 15. The lowest BCUT2D eigenvalue weighted by atomic mass is 9.82. The van der Waals surface area contributed by atoms with E-state index in [9.17, 15) is 4.79 Å². The molecule has 5 rings (SSSR count). The Hall–Kier alpha value is -3.90. The molecule has 1 fully saturated rings. The maximum Gasteiger partial charge on any atom is 0.306 e. The summed E-state index contributed by atoms with van der Waals surface area (Å²) in [5.74, 6) is 1.66. The van der Waals surface area contributed by atoms with Crippen LogP contribution in [0.5, 0.6) is 11.5 Å². The SMILES string of the molecule is COCCCN1CCOc2ccc(COC3CNC(CC(OC(=O)CCCCCON(O)O)c4nn[nH]n4)CC3c3ccc(OC)cc3)cc21. The van der Waals surface area contributed by atoms with Gasteiger partial charge in [0, 0.05) is 51.6 Å². The minimum atomic E-state index is -0.696. The van der Waals surface area contributed by atoms with Crippen molar-refractivity contribution in [2.75, 3.05) is 58.6 Å². The van der Waals surface area contributed by atoms with Crippen molar-refractivity contribution in [3.05, 3.63) is 59.4 Å². The van der Waals surface area contributed by atoms with Gasteiger partial charge in [-0.05, 0) is 61.1 Å². The number of anilines is 1. The van der Waals surface area contributed by atoms with Gasteiger partial charge in [0.05, 0.1) is 44.0 Å². The Morgan fingerprint density at radius 3 is 2.72 bits per heavy atom. The van der Waals surface area contributed by atoms with Crippen molar-refractivity contribution in [1.82, 2.24) is 31.3 Å². The summed E-state index contributed by atoms with van der Waals surface area (Å²) in [7, 11) is 3.38. The van der Waals surface area contributed by atoms with E-state index in [1.807, 2.05) is 18.2 Å². The summed E-state index contributed by atoms with van der Waals surface area (Å²) in [5, 5.41) is 35.0. The van der Waals surface area contributed by atoms with Crippen LogP contribution >= 0.6 is 0 Å². The topological polar surface area (TPSA) is 186 Å². The largest absolute Gasteiger partial charge is 0.497 e. The van der Waals surface area contributed by atoms with Crippen LogP contribution in [0.3, 0.4) is 0 Å². The molecule has 4 N–H and O–H groups in total. The molecule has 50 heavy (non-hydrogen) atoms. The summed E-state index contributed by atoms with van der Waals surface area (Å²) in [6.07, 6.45) is 3.24. The van der Waals surface area contributed by atoms with Gasteiger partial charge in [-0.1, -0.05) is 29.8 Å². The van der Waals surface area contributed by atoms with Crippen LogP contribution in [0.4, 0.5) is 5.69 Å². The highest BCUT2D eigenvalue weighted by Gasteiger charge is 2.35. The number of carbonyl (C=O) groups excluding carboxylic acids is 1. The third-order valence-corrected chi connectivity index (χ3v) is 9.02. The lowest BCUT2D eigenvalue weighted by molar-refractivity contribution is -0.492. The van der Waals surface area contributed by atoms with Crippen molar-refractivity contribution >= 4 is 11.7 Å². The van der Waals surface area contributed by atoms with E-state index in [2.05, 4.69) is 59.9 Å². The fraction of sp³-hybridized carbons (Fsp3) is 0.588.